The van der Waals surface area contributed by atoms with Crippen LogP contribution in [0, 0.1) is 10.1 Å². The molecule has 23 heavy (non-hydrogen) atoms. The summed E-state index contributed by atoms with van der Waals surface area (Å²) in [7, 11) is 1.80. The van der Waals surface area contributed by atoms with Gasteiger partial charge < -0.3 is 9.80 Å². The molecule has 8 nitrogen and oxygen atoms in total. The van der Waals surface area contributed by atoms with Gasteiger partial charge in [-0.05, 0) is 22.0 Å². The fourth-order valence-electron chi connectivity index (χ4n) is 2.57. The fraction of sp³-hybridized carbons (Fsp3) is 0.286. The monoisotopic (exact) mass is 379 g/mol. The maximum Gasteiger partial charge on any atom is 0.270 e. The molecule has 0 N–H and O–H groups in total. The molecule has 0 aliphatic carbocycles. The second-order valence-corrected chi connectivity index (χ2v) is 6.09. The van der Waals surface area contributed by atoms with Crippen molar-refractivity contribution in [1.29, 1.82) is 0 Å². The standard InChI is InChI=1S/C14H14BrN5O3/c1-17-8-11(7-16-17)19-5-4-18(9-14(19)21)13-3-2-10(20(22)23)6-12(13)15/h2-3,6-8H,4-5,9H2,1H3. The SMILES string of the molecule is Cn1cc(N2CCN(c3ccc([N+](=O)[O-])cc3Br)CC2=O)cn1. The number of nitrogens with zero attached hydrogens (tertiary/aromatic N) is 5. The van der Waals surface area contributed by atoms with E-state index in [1.165, 1.54) is 12.1 Å². The number of hydrogen-bond donors (Lipinski definition) is 0. The molecule has 0 saturated carbocycles. The van der Waals surface area contributed by atoms with Gasteiger partial charge in [-0.15, -0.1) is 0 Å². The third-order valence-electron chi connectivity index (χ3n) is 3.71. The van der Waals surface area contributed by atoms with Gasteiger partial charge in [0.2, 0.25) is 5.91 Å². The lowest BCUT2D eigenvalue weighted by Crippen LogP contribution is -2.50. The summed E-state index contributed by atoms with van der Waals surface area (Å²) in [5, 5.41) is 14.9. The van der Waals surface area contributed by atoms with E-state index >= 15 is 0 Å². The Morgan fingerprint density at radius 3 is 2.70 bits per heavy atom. The molecular formula is C14H14BrN5O3. The molecule has 0 radical (unpaired) electrons. The highest BCUT2D eigenvalue weighted by molar-refractivity contribution is 9.10. The van der Waals surface area contributed by atoms with E-state index in [-0.39, 0.29) is 18.1 Å². The van der Waals surface area contributed by atoms with Crippen LogP contribution in [-0.4, -0.2) is 40.2 Å². The first-order valence-electron chi connectivity index (χ1n) is 6.93. The number of rotatable bonds is 3. The Bertz CT molecular complexity index is 776. The molecule has 1 aromatic carbocycles. The summed E-state index contributed by atoms with van der Waals surface area (Å²) in [5.41, 5.74) is 1.57. The summed E-state index contributed by atoms with van der Waals surface area (Å²) in [5.74, 6) is -0.0329. The number of aromatic nitrogens is 2. The third kappa shape index (κ3) is 3.04. The number of amides is 1. The van der Waals surface area contributed by atoms with Crippen molar-refractivity contribution >= 4 is 38.9 Å². The largest absolute Gasteiger partial charge is 0.359 e. The molecule has 1 aromatic heterocycles. The Balaban J connectivity index is 1.77. The van der Waals surface area contributed by atoms with Crippen molar-refractivity contribution in [3.8, 4) is 0 Å². The summed E-state index contributed by atoms with van der Waals surface area (Å²) in [6.45, 7) is 1.39. The molecule has 1 fully saturated rings. The molecule has 2 heterocycles. The minimum atomic E-state index is -0.444. The number of non-ortho nitro benzene ring substituents is 1. The molecule has 9 heteroatoms. The molecule has 1 aliphatic heterocycles. The van der Waals surface area contributed by atoms with Crippen molar-refractivity contribution in [2.45, 2.75) is 0 Å². The normalized spacial score (nSPS) is 15.1. The predicted molar refractivity (Wildman–Crippen MR) is 88.6 cm³/mol. The van der Waals surface area contributed by atoms with E-state index in [0.717, 1.165) is 11.4 Å². The van der Waals surface area contributed by atoms with Crippen molar-refractivity contribution in [2.75, 3.05) is 29.4 Å². The molecule has 1 amide bonds. The van der Waals surface area contributed by atoms with Crippen LogP contribution >= 0.6 is 15.9 Å². The van der Waals surface area contributed by atoms with E-state index in [2.05, 4.69) is 21.0 Å². The number of halogens is 1. The quantitative estimate of drug-likeness (QED) is 0.600. The number of hydrogen-bond acceptors (Lipinski definition) is 5. The number of benzene rings is 1. The van der Waals surface area contributed by atoms with Crippen LogP contribution in [0.25, 0.3) is 0 Å². The van der Waals surface area contributed by atoms with Crippen molar-refractivity contribution in [3.05, 3.63) is 45.2 Å². The highest BCUT2D eigenvalue weighted by Gasteiger charge is 2.27. The van der Waals surface area contributed by atoms with E-state index in [9.17, 15) is 14.9 Å². The summed E-state index contributed by atoms with van der Waals surface area (Å²) in [6, 6.07) is 4.56. The van der Waals surface area contributed by atoms with Crippen molar-refractivity contribution in [3.63, 3.8) is 0 Å². The Labute approximate surface area is 140 Å². The first-order chi connectivity index (χ1) is 11.0. The van der Waals surface area contributed by atoms with Gasteiger partial charge in [0.15, 0.2) is 0 Å². The van der Waals surface area contributed by atoms with Crippen LogP contribution in [0.15, 0.2) is 35.1 Å². The third-order valence-corrected chi connectivity index (χ3v) is 4.34. The zero-order valence-corrected chi connectivity index (χ0v) is 13.9. The van der Waals surface area contributed by atoms with Gasteiger partial charge in [-0.2, -0.15) is 5.10 Å². The lowest BCUT2D eigenvalue weighted by Gasteiger charge is -2.35. The number of carbonyl (C=O) groups excluding carboxylic acids is 1. The van der Waals surface area contributed by atoms with Crippen molar-refractivity contribution < 1.29 is 9.72 Å². The number of nitro groups is 1. The number of anilines is 2. The van der Waals surface area contributed by atoms with Crippen LogP contribution in [0.3, 0.4) is 0 Å². The van der Waals surface area contributed by atoms with Gasteiger partial charge in [0, 0.05) is 42.9 Å². The van der Waals surface area contributed by atoms with Gasteiger partial charge in [0.05, 0.1) is 29.0 Å². The molecular weight excluding hydrogens is 366 g/mol. The van der Waals surface area contributed by atoms with Crippen molar-refractivity contribution in [2.24, 2.45) is 7.05 Å². The van der Waals surface area contributed by atoms with Crippen LogP contribution in [-0.2, 0) is 11.8 Å². The molecule has 1 saturated heterocycles. The molecule has 0 atom stereocenters. The first kappa shape index (κ1) is 15.5. The summed E-state index contributed by atoms with van der Waals surface area (Å²) < 4.78 is 2.26. The molecule has 120 valence electrons. The number of nitro benzene ring substituents is 1. The van der Waals surface area contributed by atoms with E-state index < -0.39 is 4.92 Å². The predicted octanol–water partition coefficient (Wildman–Crippen LogP) is 1.94. The fourth-order valence-corrected chi connectivity index (χ4v) is 3.18. The number of carbonyl (C=O) groups is 1. The second kappa shape index (κ2) is 5.99. The minimum absolute atomic E-state index is 0.0148. The lowest BCUT2D eigenvalue weighted by molar-refractivity contribution is -0.384. The Hall–Kier alpha value is -2.42. The van der Waals surface area contributed by atoms with E-state index in [0.29, 0.717) is 17.6 Å². The van der Waals surface area contributed by atoms with Gasteiger partial charge >= 0.3 is 0 Å². The lowest BCUT2D eigenvalue weighted by atomic mass is 10.2. The summed E-state index contributed by atoms with van der Waals surface area (Å²) in [4.78, 5) is 26.4. The van der Waals surface area contributed by atoms with Gasteiger partial charge in [0.25, 0.3) is 5.69 Å². The summed E-state index contributed by atoms with van der Waals surface area (Å²) >= 11 is 3.35. The molecule has 3 rings (SSSR count). The molecule has 0 unspecified atom stereocenters. The summed E-state index contributed by atoms with van der Waals surface area (Å²) in [6.07, 6.45) is 3.46. The van der Waals surface area contributed by atoms with Crippen LogP contribution in [0.1, 0.15) is 0 Å². The average Bonchev–Trinajstić information content (AvgIpc) is 2.93. The maximum absolute atomic E-state index is 12.4. The molecule has 0 spiro atoms. The molecule has 1 aliphatic rings. The van der Waals surface area contributed by atoms with Crippen LogP contribution in [0.4, 0.5) is 17.1 Å². The van der Waals surface area contributed by atoms with Crippen molar-refractivity contribution in [1.82, 2.24) is 9.78 Å². The smallest absolute Gasteiger partial charge is 0.270 e. The van der Waals surface area contributed by atoms with Gasteiger partial charge in [-0.3, -0.25) is 19.6 Å². The maximum atomic E-state index is 12.4. The Morgan fingerprint density at radius 2 is 2.13 bits per heavy atom. The minimum Gasteiger partial charge on any atom is -0.359 e. The van der Waals surface area contributed by atoms with Gasteiger partial charge in [0.1, 0.15) is 0 Å². The van der Waals surface area contributed by atoms with E-state index in [1.54, 1.807) is 35.1 Å². The first-order valence-corrected chi connectivity index (χ1v) is 7.73. The highest BCUT2D eigenvalue weighted by Crippen LogP contribution is 2.31. The zero-order chi connectivity index (χ0) is 16.6. The second-order valence-electron chi connectivity index (χ2n) is 5.23. The number of aryl methyl sites for hydroxylation is 1. The van der Waals surface area contributed by atoms with Crippen LogP contribution in [0.2, 0.25) is 0 Å². The Morgan fingerprint density at radius 1 is 1.35 bits per heavy atom. The van der Waals surface area contributed by atoms with E-state index in [4.69, 9.17) is 0 Å². The zero-order valence-electron chi connectivity index (χ0n) is 12.3. The van der Waals surface area contributed by atoms with Gasteiger partial charge in [-0.1, -0.05) is 0 Å². The van der Waals surface area contributed by atoms with E-state index in [1.807, 2.05) is 4.90 Å². The Kier molecular flexibility index (Phi) is 4.03. The number of piperazine rings is 1. The van der Waals surface area contributed by atoms with Crippen LogP contribution in [0.5, 0.6) is 0 Å². The highest BCUT2D eigenvalue weighted by atomic mass is 79.9. The molecule has 2 aromatic rings. The van der Waals surface area contributed by atoms with Crippen LogP contribution < -0.4 is 9.80 Å². The van der Waals surface area contributed by atoms with Gasteiger partial charge in [-0.25, -0.2) is 0 Å². The molecule has 0 bridgehead atoms. The topological polar surface area (TPSA) is 84.5 Å². The average molecular weight is 380 g/mol.